The summed E-state index contributed by atoms with van der Waals surface area (Å²) in [6, 6.07) is 0. The van der Waals surface area contributed by atoms with Gasteiger partial charge < -0.3 is 14.8 Å². The van der Waals surface area contributed by atoms with Crippen LogP contribution in [0.15, 0.2) is 4.42 Å². The molecule has 108 valence electrons. The van der Waals surface area contributed by atoms with Crippen molar-refractivity contribution in [2.75, 3.05) is 0 Å². The molecule has 1 heterocycles. The Kier molecular flexibility index (Phi) is 3.03. The third-order valence-corrected chi connectivity index (χ3v) is 4.17. The Hall–Kier alpha value is -1.85. The lowest BCUT2D eigenvalue weighted by molar-refractivity contribution is -0.144. The van der Waals surface area contributed by atoms with Crippen molar-refractivity contribution >= 4 is 11.9 Å². The van der Waals surface area contributed by atoms with Gasteiger partial charge in [-0.15, -0.1) is 0 Å². The summed E-state index contributed by atoms with van der Waals surface area (Å²) in [6.07, 6.45) is 4.65. The van der Waals surface area contributed by atoms with E-state index in [1.165, 1.54) is 0 Å². The molecular formula is C14H18N2O4. The van der Waals surface area contributed by atoms with Crippen molar-refractivity contribution in [1.29, 1.82) is 0 Å². The van der Waals surface area contributed by atoms with Gasteiger partial charge in [-0.3, -0.25) is 4.79 Å². The van der Waals surface area contributed by atoms with Gasteiger partial charge in [0.25, 0.3) is 5.91 Å². The number of aryl methyl sites for hydroxylation is 1. The molecule has 20 heavy (non-hydrogen) atoms. The monoisotopic (exact) mass is 278 g/mol. The van der Waals surface area contributed by atoms with Crippen LogP contribution in [-0.4, -0.2) is 27.5 Å². The number of amides is 1. The number of aromatic nitrogens is 1. The maximum atomic E-state index is 12.3. The summed E-state index contributed by atoms with van der Waals surface area (Å²) in [5.74, 6) is -0.354. The number of hydrogen-bond acceptors (Lipinski definition) is 4. The molecule has 2 fully saturated rings. The maximum Gasteiger partial charge on any atom is 0.329 e. The molecule has 2 aliphatic carbocycles. The first kappa shape index (κ1) is 13.1. The van der Waals surface area contributed by atoms with Crippen molar-refractivity contribution in [1.82, 2.24) is 10.3 Å². The molecule has 0 unspecified atom stereocenters. The summed E-state index contributed by atoms with van der Waals surface area (Å²) in [5, 5.41) is 12.0. The summed E-state index contributed by atoms with van der Waals surface area (Å²) in [5.41, 5.74) is -0.612. The third-order valence-electron chi connectivity index (χ3n) is 4.17. The molecule has 0 saturated heterocycles. The summed E-state index contributed by atoms with van der Waals surface area (Å²) >= 11 is 0. The number of carbonyl (C=O) groups excluding carboxylic acids is 1. The molecule has 2 N–H and O–H groups in total. The zero-order chi connectivity index (χ0) is 14.3. The van der Waals surface area contributed by atoms with E-state index in [1.54, 1.807) is 6.92 Å². The van der Waals surface area contributed by atoms with Crippen molar-refractivity contribution in [3.05, 3.63) is 17.3 Å². The molecular weight excluding hydrogens is 260 g/mol. The Labute approximate surface area is 116 Å². The number of carboxylic acids is 1. The second-order valence-electron chi connectivity index (χ2n) is 5.79. The van der Waals surface area contributed by atoms with Gasteiger partial charge in [-0.25, -0.2) is 9.78 Å². The minimum atomic E-state index is -1.14. The molecule has 1 aromatic rings. The Bertz CT molecular complexity index is 554. The number of aliphatic carboxylic acids is 1. The number of nitrogens with one attached hydrogen (secondary N) is 1. The predicted octanol–water partition coefficient (Wildman–Crippen LogP) is 1.99. The first-order chi connectivity index (χ1) is 9.52. The van der Waals surface area contributed by atoms with Crippen molar-refractivity contribution in [2.45, 2.75) is 56.9 Å². The van der Waals surface area contributed by atoms with E-state index in [9.17, 15) is 14.7 Å². The van der Waals surface area contributed by atoms with Crippen LogP contribution in [0.3, 0.4) is 0 Å². The standard InChI is InChI=1S/C14H18N2O4/c1-8-10(20-12(15-8)9-4-5-9)11(17)16-14(13(18)19)6-2-3-7-14/h9H,2-7H2,1H3,(H,16,17)(H,18,19). The first-order valence-electron chi connectivity index (χ1n) is 7.05. The molecule has 0 bridgehead atoms. The average Bonchev–Trinajstić information content (AvgIpc) is 3.01. The zero-order valence-electron chi connectivity index (χ0n) is 11.4. The molecule has 0 aliphatic heterocycles. The van der Waals surface area contributed by atoms with E-state index in [1.807, 2.05) is 0 Å². The highest BCUT2D eigenvalue weighted by atomic mass is 16.4. The van der Waals surface area contributed by atoms with Crippen LogP contribution in [0.4, 0.5) is 0 Å². The van der Waals surface area contributed by atoms with Crippen LogP contribution < -0.4 is 5.32 Å². The fraction of sp³-hybridized carbons (Fsp3) is 0.643. The Morgan fingerprint density at radius 3 is 2.55 bits per heavy atom. The van der Waals surface area contributed by atoms with Gasteiger partial charge in [-0.05, 0) is 32.6 Å². The fourth-order valence-electron chi connectivity index (χ4n) is 2.78. The molecule has 6 nitrogen and oxygen atoms in total. The highest BCUT2D eigenvalue weighted by Gasteiger charge is 2.43. The SMILES string of the molecule is Cc1nc(C2CC2)oc1C(=O)NC1(C(=O)O)CCCC1. The fourth-order valence-corrected chi connectivity index (χ4v) is 2.78. The quantitative estimate of drug-likeness (QED) is 0.878. The van der Waals surface area contributed by atoms with E-state index in [4.69, 9.17) is 4.42 Å². The molecule has 6 heteroatoms. The smallest absolute Gasteiger partial charge is 0.329 e. The summed E-state index contributed by atoms with van der Waals surface area (Å²) in [6.45, 7) is 1.71. The van der Waals surface area contributed by atoms with E-state index >= 15 is 0 Å². The van der Waals surface area contributed by atoms with Crippen LogP contribution >= 0.6 is 0 Å². The minimum absolute atomic E-state index is 0.152. The number of hydrogen-bond donors (Lipinski definition) is 2. The molecule has 2 saturated carbocycles. The topological polar surface area (TPSA) is 92.4 Å². The van der Waals surface area contributed by atoms with Crippen molar-refractivity contribution in [3.8, 4) is 0 Å². The summed E-state index contributed by atoms with van der Waals surface area (Å²) in [7, 11) is 0. The van der Waals surface area contributed by atoms with Gasteiger partial charge in [0, 0.05) is 5.92 Å². The minimum Gasteiger partial charge on any atom is -0.480 e. The van der Waals surface area contributed by atoms with Crippen LogP contribution in [0.1, 0.15) is 66.6 Å². The largest absolute Gasteiger partial charge is 0.480 e. The maximum absolute atomic E-state index is 12.3. The Morgan fingerprint density at radius 1 is 1.35 bits per heavy atom. The first-order valence-corrected chi connectivity index (χ1v) is 7.05. The van der Waals surface area contributed by atoms with Gasteiger partial charge in [-0.2, -0.15) is 0 Å². The summed E-state index contributed by atoms with van der Waals surface area (Å²) < 4.78 is 5.52. The van der Waals surface area contributed by atoms with E-state index in [0.717, 1.165) is 25.7 Å². The highest BCUT2D eigenvalue weighted by molar-refractivity contribution is 5.96. The van der Waals surface area contributed by atoms with Gasteiger partial charge in [0.05, 0.1) is 5.69 Å². The highest BCUT2D eigenvalue weighted by Crippen LogP contribution is 2.40. The number of rotatable bonds is 4. The van der Waals surface area contributed by atoms with Crippen LogP contribution in [0.2, 0.25) is 0 Å². The lowest BCUT2D eigenvalue weighted by Gasteiger charge is -2.24. The lowest BCUT2D eigenvalue weighted by atomic mass is 9.97. The molecule has 0 atom stereocenters. The molecule has 0 radical (unpaired) electrons. The van der Waals surface area contributed by atoms with Gasteiger partial charge in [0.2, 0.25) is 5.76 Å². The number of carboxylic acid groups (broad SMARTS) is 1. The molecule has 2 aliphatic rings. The van der Waals surface area contributed by atoms with Crippen molar-refractivity contribution in [3.63, 3.8) is 0 Å². The van der Waals surface area contributed by atoms with Crippen molar-refractivity contribution < 1.29 is 19.1 Å². The molecule has 1 amide bonds. The molecule has 0 aromatic carbocycles. The van der Waals surface area contributed by atoms with Crippen LogP contribution in [0.5, 0.6) is 0 Å². The third kappa shape index (κ3) is 2.19. The molecule has 0 spiro atoms. The van der Waals surface area contributed by atoms with E-state index in [2.05, 4.69) is 10.3 Å². The van der Waals surface area contributed by atoms with Gasteiger partial charge in [-0.1, -0.05) is 12.8 Å². The van der Waals surface area contributed by atoms with Crippen LogP contribution in [-0.2, 0) is 4.79 Å². The van der Waals surface area contributed by atoms with Crippen molar-refractivity contribution in [2.24, 2.45) is 0 Å². The van der Waals surface area contributed by atoms with Gasteiger partial charge in [0.15, 0.2) is 5.89 Å². The summed E-state index contributed by atoms with van der Waals surface area (Å²) in [4.78, 5) is 28.0. The lowest BCUT2D eigenvalue weighted by Crippen LogP contribution is -2.52. The number of carbonyl (C=O) groups is 2. The van der Waals surface area contributed by atoms with Crippen LogP contribution in [0, 0.1) is 6.92 Å². The van der Waals surface area contributed by atoms with E-state index in [-0.39, 0.29) is 5.76 Å². The van der Waals surface area contributed by atoms with Gasteiger partial charge in [0.1, 0.15) is 5.54 Å². The molecule has 1 aromatic heterocycles. The normalized spacial score (nSPS) is 20.9. The average molecular weight is 278 g/mol. The Morgan fingerprint density at radius 2 is 2.00 bits per heavy atom. The predicted molar refractivity (Wildman–Crippen MR) is 69.5 cm³/mol. The zero-order valence-corrected chi connectivity index (χ0v) is 11.4. The Balaban J connectivity index is 1.80. The number of oxazole rings is 1. The van der Waals surface area contributed by atoms with E-state index < -0.39 is 17.4 Å². The molecule has 3 rings (SSSR count). The van der Waals surface area contributed by atoms with Crippen LogP contribution in [0.25, 0.3) is 0 Å². The van der Waals surface area contributed by atoms with Gasteiger partial charge >= 0.3 is 5.97 Å². The second kappa shape index (κ2) is 4.61. The second-order valence-corrected chi connectivity index (χ2v) is 5.79. The van der Waals surface area contributed by atoms with E-state index in [0.29, 0.717) is 30.3 Å². The number of nitrogens with zero attached hydrogens (tertiary/aromatic N) is 1.